The summed E-state index contributed by atoms with van der Waals surface area (Å²) in [5.74, 6) is -0.425. The molecule has 2 aliphatic heterocycles. The van der Waals surface area contributed by atoms with Gasteiger partial charge in [-0.1, -0.05) is 0 Å². The third kappa shape index (κ3) is 6.44. The van der Waals surface area contributed by atoms with Gasteiger partial charge in [0.2, 0.25) is 0 Å². The van der Waals surface area contributed by atoms with Crippen molar-refractivity contribution in [2.45, 2.75) is 135 Å². The summed E-state index contributed by atoms with van der Waals surface area (Å²) in [5.41, 5.74) is -0.0868. The van der Waals surface area contributed by atoms with Crippen LogP contribution in [0.4, 0.5) is 0 Å². The predicted octanol–water partition coefficient (Wildman–Crippen LogP) is 4.55. The van der Waals surface area contributed by atoms with E-state index in [2.05, 4.69) is 79.3 Å². The van der Waals surface area contributed by atoms with Crippen molar-refractivity contribution in [2.24, 2.45) is 0 Å². The molecule has 0 aromatic rings. The zero-order valence-corrected chi connectivity index (χ0v) is 21.6. The predicted molar refractivity (Wildman–Crippen MR) is 124 cm³/mol. The largest absolute Gasteiger partial charge is 0.462 e. The van der Waals surface area contributed by atoms with Crippen LogP contribution in [0.15, 0.2) is 0 Å². The van der Waals surface area contributed by atoms with Gasteiger partial charge in [-0.2, -0.15) is 0 Å². The molecule has 2 heterocycles. The second kappa shape index (κ2) is 9.01. The molecule has 0 radical (unpaired) electrons. The van der Waals surface area contributed by atoms with Gasteiger partial charge in [-0.3, -0.25) is 19.4 Å². The molecule has 6 heteroatoms. The van der Waals surface area contributed by atoms with Crippen molar-refractivity contribution in [1.82, 2.24) is 9.80 Å². The zero-order valence-electron chi connectivity index (χ0n) is 21.6. The number of esters is 2. The number of rotatable bonds is 6. The number of likely N-dealkylation sites (tertiary alicyclic amines) is 2. The lowest BCUT2D eigenvalue weighted by Gasteiger charge is -2.53. The molecule has 0 unspecified atom stereocenters. The Morgan fingerprint density at radius 3 is 1.16 bits per heavy atom. The van der Waals surface area contributed by atoms with E-state index in [0.29, 0.717) is 6.42 Å². The van der Waals surface area contributed by atoms with E-state index in [9.17, 15) is 9.59 Å². The van der Waals surface area contributed by atoms with Crippen LogP contribution in [-0.4, -0.2) is 70.2 Å². The van der Waals surface area contributed by atoms with Crippen LogP contribution in [0.25, 0.3) is 0 Å². The molecule has 6 nitrogen and oxygen atoms in total. The normalized spacial score (nSPS) is 26.4. The third-order valence-corrected chi connectivity index (χ3v) is 7.90. The Bertz CT molecular complexity index is 576. The molecule has 0 spiro atoms. The van der Waals surface area contributed by atoms with Crippen LogP contribution in [-0.2, 0) is 19.1 Å². The van der Waals surface area contributed by atoms with Gasteiger partial charge in [0.15, 0.2) is 0 Å². The highest BCUT2D eigenvalue weighted by atomic mass is 16.5. The molecule has 2 saturated heterocycles. The molecule has 2 rings (SSSR count). The highest BCUT2D eigenvalue weighted by Crippen LogP contribution is 2.39. The lowest BCUT2D eigenvalue weighted by Crippen LogP contribution is -2.60. The molecule has 2 aliphatic rings. The van der Waals surface area contributed by atoms with Gasteiger partial charge in [0.25, 0.3) is 0 Å². The summed E-state index contributed by atoms with van der Waals surface area (Å²) < 4.78 is 11.6. The van der Waals surface area contributed by atoms with Gasteiger partial charge in [-0.15, -0.1) is 0 Å². The fourth-order valence-corrected chi connectivity index (χ4v) is 5.59. The Morgan fingerprint density at radius 2 is 0.903 bits per heavy atom. The molecule has 0 amide bonds. The molecule has 0 aromatic heterocycles. The number of ether oxygens (including phenoxy) is 2. The summed E-state index contributed by atoms with van der Waals surface area (Å²) in [6, 6.07) is 0. The van der Waals surface area contributed by atoms with Crippen LogP contribution in [0.5, 0.6) is 0 Å². The monoisotopic (exact) mass is 438 g/mol. The van der Waals surface area contributed by atoms with Crippen molar-refractivity contribution in [1.29, 1.82) is 0 Å². The van der Waals surface area contributed by atoms with Crippen molar-refractivity contribution in [3.8, 4) is 0 Å². The van der Waals surface area contributed by atoms with Crippen LogP contribution in [0.3, 0.4) is 0 Å². The first-order valence-corrected chi connectivity index (χ1v) is 11.8. The Morgan fingerprint density at radius 1 is 0.645 bits per heavy atom. The topological polar surface area (TPSA) is 59.1 Å². The first kappa shape index (κ1) is 26.1. The summed E-state index contributed by atoms with van der Waals surface area (Å²) in [6.07, 6.45) is 4.11. The summed E-state index contributed by atoms with van der Waals surface area (Å²) >= 11 is 0. The van der Waals surface area contributed by atoms with E-state index in [0.717, 1.165) is 25.7 Å². The summed E-state index contributed by atoms with van der Waals surface area (Å²) in [6.45, 7) is 17.5. The molecule has 0 atom stereocenters. The van der Waals surface area contributed by atoms with E-state index in [-0.39, 0.29) is 59.1 Å². The summed E-state index contributed by atoms with van der Waals surface area (Å²) in [4.78, 5) is 29.5. The Labute approximate surface area is 190 Å². The maximum absolute atomic E-state index is 12.4. The van der Waals surface area contributed by atoms with Gasteiger partial charge in [-0.25, -0.2) is 0 Å². The Kier molecular flexibility index (Phi) is 7.59. The minimum atomic E-state index is -0.212. The zero-order chi connectivity index (χ0) is 23.8. The van der Waals surface area contributed by atoms with E-state index in [4.69, 9.17) is 9.47 Å². The number of carbonyl (C=O) groups is 2. The number of hydrogen-bond donors (Lipinski definition) is 0. The highest BCUT2D eigenvalue weighted by molar-refractivity contribution is 5.72. The lowest BCUT2D eigenvalue weighted by molar-refractivity contribution is -0.160. The minimum Gasteiger partial charge on any atom is -0.462 e. The van der Waals surface area contributed by atoms with Crippen LogP contribution in [0.2, 0.25) is 0 Å². The lowest BCUT2D eigenvalue weighted by atomic mass is 9.79. The van der Waals surface area contributed by atoms with E-state index in [1.807, 2.05) is 0 Å². The van der Waals surface area contributed by atoms with Gasteiger partial charge < -0.3 is 9.47 Å². The van der Waals surface area contributed by atoms with Gasteiger partial charge in [0.05, 0.1) is 0 Å². The standard InChI is InChI=1S/C25H46N2O4/c1-22(2)14-18(15-23(3,4)26(22)9)30-20(28)12-11-13-21(29)31-19-16-24(5,6)27(10)25(7,8)17-19/h18-19H,11-17H2,1-10H3. The van der Waals surface area contributed by atoms with E-state index >= 15 is 0 Å². The first-order valence-electron chi connectivity index (χ1n) is 11.8. The van der Waals surface area contributed by atoms with Gasteiger partial charge in [0, 0.05) is 60.7 Å². The highest BCUT2D eigenvalue weighted by Gasteiger charge is 2.45. The van der Waals surface area contributed by atoms with Crippen LogP contribution >= 0.6 is 0 Å². The van der Waals surface area contributed by atoms with Crippen molar-refractivity contribution >= 4 is 11.9 Å². The van der Waals surface area contributed by atoms with Crippen molar-refractivity contribution in [3.63, 3.8) is 0 Å². The van der Waals surface area contributed by atoms with E-state index in [1.165, 1.54) is 0 Å². The summed E-state index contributed by atoms with van der Waals surface area (Å²) in [7, 11) is 4.27. The van der Waals surface area contributed by atoms with E-state index in [1.54, 1.807) is 0 Å². The molecule has 0 bridgehead atoms. The average Bonchev–Trinajstić information content (AvgIpc) is 2.56. The average molecular weight is 439 g/mol. The Balaban J connectivity index is 1.77. The minimum absolute atomic E-state index is 0.0217. The fourth-order valence-electron chi connectivity index (χ4n) is 5.59. The second-order valence-corrected chi connectivity index (χ2v) is 12.3. The third-order valence-electron chi connectivity index (χ3n) is 7.90. The SMILES string of the molecule is CN1C(C)(C)CC(OC(=O)CCCC(=O)OC2CC(C)(C)N(C)C(C)(C)C2)CC1(C)C. The quantitative estimate of drug-likeness (QED) is 0.567. The van der Waals surface area contributed by atoms with E-state index < -0.39 is 0 Å². The van der Waals surface area contributed by atoms with Crippen molar-refractivity contribution in [2.75, 3.05) is 14.1 Å². The summed E-state index contributed by atoms with van der Waals surface area (Å²) in [5, 5.41) is 0. The maximum Gasteiger partial charge on any atom is 0.306 e. The van der Waals surface area contributed by atoms with Gasteiger partial charge in [0.1, 0.15) is 12.2 Å². The second-order valence-electron chi connectivity index (χ2n) is 12.3. The number of nitrogens with zero attached hydrogens (tertiary/aromatic N) is 2. The molecule has 31 heavy (non-hydrogen) atoms. The molecular formula is C25H46N2O4. The van der Waals surface area contributed by atoms with Crippen LogP contribution in [0.1, 0.15) is 100 Å². The van der Waals surface area contributed by atoms with Crippen molar-refractivity contribution < 1.29 is 19.1 Å². The molecule has 0 aromatic carbocycles. The van der Waals surface area contributed by atoms with Crippen molar-refractivity contribution in [3.05, 3.63) is 0 Å². The van der Waals surface area contributed by atoms with Gasteiger partial charge >= 0.3 is 11.9 Å². The number of hydrogen-bond acceptors (Lipinski definition) is 6. The molecule has 180 valence electrons. The number of piperidine rings is 2. The first-order chi connectivity index (χ1) is 14.0. The van der Waals surface area contributed by atoms with Crippen LogP contribution < -0.4 is 0 Å². The van der Waals surface area contributed by atoms with Gasteiger partial charge in [-0.05, 0) is 75.9 Å². The molecule has 0 N–H and O–H groups in total. The maximum atomic E-state index is 12.4. The molecule has 0 saturated carbocycles. The molecule has 2 fully saturated rings. The van der Waals surface area contributed by atoms with Crippen LogP contribution in [0, 0.1) is 0 Å². The Hall–Kier alpha value is -1.14. The molecule has 0 aliphatic carbocycles. The smallest absolute Gasteiger partial charge is 0.306 e. The fraction of sp³-hybridized carbons (Fsp3) is 0.920. The molecular weight excluding hydrogens is 392 g/mol. The number of carbonyl (C=O) groups excluding carboxylic acids is 2.